The fraction of sp³-hybridized carbons (Fsp3) is 0.235. The van der Waals surface area contributed by atoms with Crippen molar-refractivity contribution in [2.75, 3.05) is 17.5 Å². The lowest BCUT2D eigenvalue weighted by molar-refractivity contribution is -0.141. The maximum atomic E-state index is 13.1. The molecule has 0 N–H and O–H groups in total. The van der Waals surface area contributed by atoms with Gasteiger partial charge in [-0.25, -0.2) is 8.42 Å². The van der Waals surface area contributed by atoms with E-state index in [2.05, 4.69) is 0 Å². The number of para-hydroxylation sites is 1. The third-order valence-corrected chi connectivity index (χ3v) is 5.94. The highest BCUT2D eigenvalue weighted by Gasteiger charge is 2.29. The zero-order valence-corrected chi connectivity index (χ0v) is 16.0. The Morgan fingerprint density at radius 3 is 2.40 bits per heavy atom. The standard InChI is InChI=1S/C17H17Cl2NO4S/c1-3-24-17(21)11-20(16-7-5-4-6-12(16)2)25(22,23)13-8-9-14(18)15(19)10-13/h4-10H,3,11H2,1-2H3. The third-order valence-electron chi connectivity index (χ3n) is 3.44. The van der Waals surface area contributed by atoms with Gasteiger partial charge in [0.2, 0.25) is 0 Å². The molecule has 2 aromatic carbocycles. The molecule has 0 aliphatic rings. The largest absolute Gasteiger partial charge is 0.465 e. The maximum absolute atomic E-state index is 13.1. The molecule has 0 atom stereocenters. The molecule has 2 rings (SSSR count). The summed E-state index contributed by atoms with van der Waals surface area (Å²) in [5, 5.41) is 0.358. The lowest BCUT2D eigenvalue weighted by Gasteiger charge is -2.25. The van der Waals surface area contributed by atoms with Crippen LogP contribution >= 0.6 is 23.2 Å². The predicted molar refractivity (Wildman–Crippen MR) is 98.8 cm³/mol. The van der Waals surface area contributed by atoms with Gasteiger partial charge in [0.25, 0.3) is 10.0 Å². The molecule has 0 fully saturated rings. The summed E-state index contributed by atoms with van der Waals surface area (Å²) in [5.41, 5.74) is 1.09. The van der Waals surface area contributed by atoms with Crippen molar-refractivity contribution in [2.45, 2.75) is 18.7 Å². The zero-order chi connectivity index (χ0) is 18.6. The molecule has 0 aliphatic heterocycles. The van der Waals surface area contributed by atoms with E-state index in [9.17, 15) is 13.2 Å². The SMILES string of the molecule is CCOC(=O)CN(c1ccccc1C)S(=O)(=O)c1ccc(Cl)c(Cl)c1. The van der Waals surface area contributed by atoms with Gasteiger partial charge in [-0.05, 0) is 43.7 Å². The molecule has 5 nitrogen and oxygen atoms in total. The first-order valence-electron chi connectivity index (χ1n) is 7.46. The van der Waals surface area contributed by atoms with E-state index < -0.39 is 22.5 Å². The Bertz CT molecular complexity index is 884. The summed E-state index contributed by atoms with van der Waals surface area (Å²) < 4.78 is 32.1. The first kappa shape index (κ1) is 19.6. The van der Waals surface area contributed by atoms with Gasteiger partial charge in [0.1, 0.15) is 6.54 Å². The summed E-state index contributed by atoms with van der Waals surface area (Å²) in [6, 6.07) is 10.9. The van der Waals surface area contributed by atoms with Crippen LogP contribution in [0.5, 0.6) is 0 Å². The predicted octanol–water partition coefficient (Wildman–Crippen LogP) is 4.06. The monoisotopic (exact) mass is 401 g/mol. The summed E-state index contributed by atoms with van der Waals surface area (Å²) in [7, 11) is -4.04. The Hall–Kier alpha value is -1.76. The summed E-state index contributed by atoms with van der Waals surface area (Å²) in [5.74, 6) is -0.644. The van der Waals surface area contributed by atoms with E-state index in [-0.39, 0.29) is 21.5 Å². The highest BCUT2D eigenvalue weighted by atomic mass is 35.5. The molecule has 0 heterocycles. The van der Waals surface area contributed by atoms with Gasteiger partial charge in [0.05, 0.1) is 27.2 Å². The van der Waals surface area contributed by atoms with Gasteiger partial charge in [-0.1, -0.05) is 41.4 Å². The molecule has 0 aromatic heterocycles. The molecule has 134 valence electrons. The van der Waals surface area contributed by atoms with Crippen molar-refractivity contribution < 1.29 is 17.9 Å². The van der Waals surface area contributed by atoms with E-state index >= 15 is 0 Å². The summed E-state index contributed by atoms with van der Waals surface area (Å²) >= 11 is 11.8. The molecule has 0 bridgehead atoms. The fourth-order valence-electron chi connectivity index (χ4n) is 2.23. The van der Waals surface area contributed by atoms with Gasteiger partial charge in [0, 0.05) is 0 Å². The number of nitrogens with zero attached hydrogens (tertiary/aromatic N) is 1. The second kappa shape index (κ2) is 8.08. The lowest BCUT2D eigenvalue weighted by atomic mass is 10.2. The molecule has 0 saturated carbocycles. The van der Waals surface area contributed by atoms with Crippen LogP contribution in [-0.2, 0) is 19.6 Å². The number of ether oxygens (including phenoxy) is 1. The molecule has 0 radical (unpaired) electrons. The maximum Gasteiger partial charge on any atom is 0.326 e. The normalized spacial score (nSPS) is 11.2. The molecule has 25 heavy (non-hydrogen) atoms. The van der Waals surface area contributed by atoms with E-state index in [1.807, 2.05) is 0 Å². The second-order valence-electron chi connectivity index (χ2n) is 5.18. The minimum Gasteiger partial charge on any atom is -0.465 e. The average molecular weight is 402 g/mol. The minimum atomic E-state index is -4.04. The molecule has 0 aliphatic carbocycles. The number of sulfonamides is 1. The first-order valence-corrected chi connectivity index (χ1v) is 9.66. The van der Waals surface area contributed by atoms with Crippen molar-refractivity contribution in [2.24, 2.45) is 0 Å². The van der Waals surface area contributed by atoms with E-state index in [0.717, 1.165) is 4.31 Å². The zero-order valence-electron chi connectivity index (χ0n) is 13.7. The van der Waals surface area contributed by atoms with Gasteiger partial charge in [-0.3, -0.25) is 9.10 Å². The first-order chi connectivity index (χ1) is 11.8. The number of carbonyl (C=O) groups excluding carboxylic acids is 1. The van der Waals surface area contributed by atoms with Crippen LogP contribution in [-0.4, -0.2) is 27.5 Å². The Morgan fingerprint density at radius 1 is 1.12 bits per heavy atom. The van der Waals surface area contributed by atoms with E-state index in [1.54, 1.807) is 38.1 Å². The van der Waals surface area contributed by atoms with Crippen molar-refractivity contribution in [3.63, 3.8) is 0 Å². The van der Waals surface area contributed by atoms with Crippen LogP contribution < -0.4 is 4.31 Å². The Labute approximate surface area is 157 Å². The Kier molecular flexibility index (Phi) is 6.32. The molecule has 0 amide bonds. The Balaban J connectivity index is 2.55. The van der Waals surface area contributed by atoms with Crippen molar-refractivity contribution in [1.29, 1.82) is 0 Å². The van der Waals surface area contributed by atoms with Crippen molar-refractivity contribution in [3.8, 4) is 0 Å². The van der Waals surface area contributed by atoms with E-state index in [4.69, 9.17) is 27.9 Å². The van der Waals surface area contributed by atoms with Crippen LogP contribution in [0.25, 0.3) is 0 Å². The lowest BCUT2D eigenvalue weighted by Crippen LogP contribution is -2.37. The van der Waals surface area contributed by atoms with Crippen LogP contribution in [0.2, 0.25) is 10.0 Å². The molecule has 0 spiro atoms. The third kappa shape index (κ3) is 4.45. The van der Waals surface area contributed by atoms with Crippen molar-refractivity contribution in [3.05, 3.63) is 58.1 Å². The van der Waals surface area contributed by atoms with Crippen molar-refractivity contribution >= 4 is 44.9 Å². The summed E-state index contributed by atoms with van der Waals surface area (Å²) in [6.07, 6.45) is 0. The number of hydrogen-bond donors (Lipinski definition) is 0. The van der Waals surface area contributed by atoms with Gasteiger partial charge in [0.15, 0.2) is 0 Å². The number of hydrogen-bond acceptors (Lipinski definition) is 4. The van der Waals surface area contributed by atoms with Crippen LogP contribution in [0, 0.1) is 6.92 Å². The minimum absolute atomic E-state index is 0.0607. The quantitative estimate of drug-likeness (QED) is 0.684. The highest BCUT2D eigenvalue weighted by molar-refractivity contribution is 7.92. The van der Waals surface area contributed by atoms with Crippen molar-refractivity contribution in [1.82, 2.24) is 0 Å². The van der Waals surface area contributed by atoms with Gasteiger partial charge < -0.3 is 4.74 Å². The van der Waals surface area contributed by atoms with Gasteiger partial charge in [-0.15, -0.1) is 0 Å². The average Bonchev–Trinajstić information content (AvgIpc) is 2.56. The highest BCUT2D eigenvalue weighted by Crippen LogP contribution is 2.30. The molecular formula is C17H17Cl2NO4S. The van der Waals surface area contributed by atoms with Crippen LogP contribution in [0.15, 0.2) is 47.4 Å². The molecule has 2 aromatic rings. The van der Waals surface area contributed by atoms with Crippen LogP contribution in [0.3, 0.4) is 0 Å². The van der Waals surface area contributed by atoms with Gasteiger partial charge >= 0.3 is 5.97 Å². The van der Waals surface area contributed by atoms with Crippen LogP contribution in [0.4, 0.5) is 5.69 Å². The smallest absolute Gasteiger partial charge is 0.326 e. The molecule has 8 heteroatoms. The van der Waals surface area contributed by atoms with Crippen LogP contribution in [0.1, 0.15) is 12.5 Å². The number of benzene rings is 2. The van der Waals surface area contributed by atoms with E-state index in [1.165, 1.54) is 18.2 Å². The second-order valence-corrected chi connectivity index (χ2v) is 7.86. The number of anilines is 1. The number of halogens is 2. The summed E-state index contributed by atoms with van der Waals surface area (Å²) in [6.45, 7) is 3.13. The molecule has 0 saturated heterocycles. The Morgan fingerprint density at radius 2 is 1.80 bits per heavy atom. The van der Waals surface area contributed by atoms with Gasteiger partial charge in [-0.2, -0.15) is 0 Å². The molecular weight excluding hydrogens is 385 g/mol. The number of esters is 1. The fourth-order valence-corrected chi connectivity index (χ4v) is 4.09. The molecule has 0 unspecified atom stereocenters. The number of rotatable bonds is 6. The number of carbonyl (C=O) groups is 1. The number of aryl methyl sites for hydroxylation is 1. The topological polar surface area (TPSA) is 63.7 Å². The van der Waals surface area contributed by atoms with E-state index in [0.29, 0.717) is 11.3 Å². The summed E-state index contributed by atoms with van der Waals surface area (Å²) in [4.78, 5) is 11.9.